The summed E-state index contributed by atoms with van der Waals surface area (Å²) in [4.78, 5) is 2.43. The highest BCUT2D eigenvalue weighted by molar-refractivity contribution is 6.33. The molecule has 0 amide bonds. The molecule has 0 radical (unpaired) electrons. The quantitative estimate of drug-likeness (QED) is 0.699. The van der Waals surface area contributed by atoms with Gasteiger partial charge in [0.15, 0.2) is 0 Å². The van der Waals surface area contributed by atoms with Gasteiger partial charge in [0.05, 0.1) is 10.7 Å². The molecule has 1 nitrogen and oxygen atoms in total. The molecule has 1 heterocycles. The Hall–Kier alpha value is -0.400. The number of hydrogen-bond donors (Lipinski definition) is 0. The molecule has 1 unspecified atom stereocenters. The zero-order chi connectivity index (χ0) is 13.0. The molecule has 18 heavy (non-hydrogen) atoms. The van der Waals surface area contributed by atoms with Crippen LogP contribution in [0, 0.1) is 5.92 Å². The van der Waals surface area contributed by atoms with Gasteiger partial charge in [-0.3, -0.25) is 0 Å². The topological polar surface area (TPSA) is 3.24 Å². The van der Waals surface area contributed by atoms with Crippen LogP contribution in [-0.4, -0.2) is 13.1 Å². The zero-order valence-electron chi connectivity index (χ0n) is 11.0. The minimum atomic E-state index is 0.526. The van der Waals surface area contributed by atoms with Crippen LogP contribution in [0.2, 0.25) is 5.02 Å². The predicted octanol–water partition coefficient (Wildman–Crippen LogP) is 5.10. The van der Waals surface area contributed by atoms with Crippen molar-refractivity contribution in [2.45, 2.75) is 38.5 Å². The first kappa shape index (κ1) is 14.0. The number of nitrogens with zero attached hydrogens (tertiary/aromatic N) is 1. The van der Waals surface area contributed by atoms with Gasteiger partial charge in [-0.15, -0.1) is 11.6 Å². The van der Waals surface area contributed by atoms with Crippen LogP contribution < -0.4 is 4.90 Å². The van der Waals surface area contributed by atoms with Crippen molar-refractivity contribution in [3.8, 4) is 0 Å². The highest BCUT2D eigenvalue weighted by Crippen LogP contribution is 2.30. The second kappa shape index (κ2) is 6.68. The van der Waals surface area contributed by atoms with Gasteiger partial charge in [-0.1, -0.05) is 31.0 Å². The van der Waals surface area contributed by atoms with Gasteiger partial charge in [-0.2, -0.15) is 0 Å². The van der Waals surface area contributed by atoms with Gasteiger partial charge in [0.2, 0.25) is 0 Å². The molecule has 1 aromatic carbocycles. The summed E-state index contributed by atoms with van der Waals surface area (Å²) in [5, 5.41) is 0.836. The highest BCUT2D eigenvalue weighted by Gasteiger charge is 2.17. The second-order valence-corrected chi connectivity index (χ2v) is 5.79. The van der Waals surface area contributed by atoms with Gasteiger partial charge in [-0.25, -0.2) is 0 Å². The van der Waals surface area contributed by atoms with Gasteiger partial charge < -0.3 is 4.90 Å². The van der Waals surface area contributed by atoms with Crippen molar-refractivity contribution >= 4 is 28.9 Å². The Balaban J connectivity index is 2.11. The van der Waals surface area contributed by atoms with E-state index in [0.29, 0.717) is 5.88 Å². The maximum Gasteiger partial charge on any atom is 0.0642 e. The van der Waals surface area contributed by atoms with E-state index in [1.807, 2.05) is 6.07 Å². The highest BCUT2D eigenvalue weighted by atomic mass is 35.5. The molecule has 1 saturated heterocycles. The van der Waals surface area contributed by atoms with Gasteiger partial charge in [-0.05, 0) is 42.9 Å². The summed E-state index contributed by atoms with van der Waals surface area (Å²) >= 11 is 12.2. The molecular formula is C15H21Cl2N. The lowest BCUT2D eigenvalue weighted by Crippen LogP contribution is -2.24. The van der Waals surface area contributed by atoms with Crippen LogP contribution in [0.5, 0.6) is 0 Å². The van der Waals surface area contributed by atoms with Crippen LogP contribution in [0.1, 0.15) is 38.2 Å². The summed E-state index contributed by atoms with van der Waals surface area (Å²) in [6.45, 7) is 4.54. The Morgan fingerprint density at radius 3 is 2.78 bits per heavy atom. The molecule has 1 atom stereocenters. The van der Waals surface area contributed by atoms with E-state index in [-0.39, 0.29) is 0 Å². The van der Waals surface area contributed by atoms with E-state index < -0.39 is 0 Å². The summed E-state index contributed by atoms with van der Waals surface area (Å²) in [6.07, 6.45) is 5.20. The van der Waals surface area contributed by atoms with Crippen LogP contribution in [0.4, 0.5) is 5.69 Å². The molecule has 0 aliphatic carbocycles. The number of benzene rings is 1. The first-order valence-electron chi connectivity index (χ1n) is 6.84. The lowest BCUT2D eigenvalue weighted by atomic mass is 9.98. The van der Waals surface area contributed by atoms with E-state index in [1.165, 1.54) is 31.4 Å². The molecule has 100 valence electrons. The third-order valence-corrected chi connectivity index (χ3v) is 4.54. The van der Waals surface area contributed by atoms with Crippen LogP contribution in [0.15, 0.2) is 18.2 Å². The molecular weight excluding hydrogens is 265 g/mol. The number of hydrogen-bond acceptors (Lipinski definition) is 1. The summed E-state index contributed by atoms with van der Waals surface area (Å²) in [5.41, 5.74) is 2.26. The SMILES string of the molecule is CCC1CCCN(c2ccc(CCl)cc2Cl)CC1. The average molecular weight is 286 g/mol. The van der Waals surface area contributed by atoms with Crippen molar-refractivity contribution in [3.63, 3.8) is 0 Å². The molecule has 1 fully saturated rings. The Bertz CT molecular complexity index is 392. The van der Waals surface area contributed by atoms with Crippen molar-refractivity contribution in [2.75, 3.05) is 18.0 Å². The van der Waals surface area contributed by atoms with Crippen molar-refractivity contribution in [1.82, 2.24) is 0 Å². The van der Waals surface area contributed by atoms with Gasteiger partial charge in [0.1, 0.15) is 0 Å². The van der Waals surface area contributed by atoms with E-state index in [4.69, 9.17) is 23.2 Å². The zero-order valence-corrected chi connectivity index (χ0v) is 12.5. The average Bonchev–Trinajstić information content (AvgIpc) is 2.63. The van der Waals surface area contributed by atoms with Gasteiger partial charge in [0.25, 0.3) is 0 Å². The summed E-state index contributed by atoms with van der Waals surface area (Å²) in [5.74, 6) is 1.41. The minimum Gasteiger partial charge on any atom is -0.370 e. The molecule has 0 bridgehead atoms. The maximum absolute atomic E-state index is 6.36. The smallest absolute Gasteiger partial charge is 0.0642 e. The molecule has 0 saturated carbocycles. The molecule has 1 aliphatic heterocycles. The fraction of sp³-hybridized carbons (Fsp3) is 0.600. The predicted molar refractivity (Wildman–Crippen MR) is 80.9 cm³/mol. The van der Waals surface area contributed by atoms with Crippen molar-refractivity contribution in [3.05, 3.63) is 28.8 Å². The van der Waals surface area contributed by atoms with Crippen LogP contribution in [-0.2, 0) is 5.88 Å². The number of alkyl halides is 1. The van der Waals surface area contributed by atoms with E-state index in [9.17, 15) is 0 Å². The lowest BCUT2D eigenvalue weighted by molar-refractivity contribution is 0.459. The largest absolute Gasteiger partial charge is 0.370 e. The number of halogens is 2. The number of anilines is 1. The Morgan fingerprint density at radius 2 is 2.11 bits per heavy atom. The summed E-state index contributed by atoms with van der Waals surface area (Å²) in [7, 11) is 0. The molecule has 3 heteroatoms. The van der Waals surface area contributed by atoms with E-state index in [1.54, 1.807) is 0 Å². The van der Waals surface area contributed by atoms with Crippen molar-refractivity contribution < 1.29 is 0 Å². The van der Waals surface area contributed by atoms with Crippen LogP contribution >= 0.6 is 23.2 Å². The third-order valence-electron chi connectivity index (χ3n) is 3.93. The molecule has 0 N–H and O–H groups in total. The van der Waals surface area contributed by atoms with Crippen LogP contribution in [0.25, 0.3) is 0 Å². The fourth-order valence-electron chi connectivity index (χ4n) is 2.70. The van der Waals surface area contributed by atoms with Gasteiger partial charge in [0, 0.05) is 19.0 Å². The molecule has 1 aromatic rings. The van der Waals surface area contributed by atoms with Crippen molar-refractivity contribution in [1.29, 1.82) is 0 Å². The fourth-order valence-corrected chi connectivity index (χ4v) is 3.19. The Labute approximate surface area is 120 Å². The van der Waals surface area contributed by atoms with Gasteiger partial charge >= 0.3 is 0 Å². The minimum absolute atomic E-state index is 0.526. The molecule has 1 aliphatic rings. The van der Waals surface area contributed by atoms with E-state index in [0.717, 1.165) is 29.6 Å². The first-order valence-corrected chi connectivity index (χ1v) is 7.75. The molecule has 0 aromatic heterocycles. The number of rotatable bonds is 3. The van der Waals surface area contributed by atoms with E-state index in [2.05, 4.69) is 24.0 Å². The van der Waals surface area contributed by atoms with E-state index >= 15 is 0 Å². The lowest BCUT2D eigenvalue weighted by Gasteiger charge is -2.24. The normalized spacial score (nSPS) is 20.8. The third kappa shape index (κ3) is 3.33. The second-order valence-electron chi connectivity index (χ2n) is 5.11. The first-order chi connectivity index (χ1) is 8.74. The Kier molecular flexibility index (Phi) is 5.20. The van der Waals surface area contributed by atoms with Crippen molar-refractivity contribution in [2.24, 2.45) is 5.92 Å². The summed E-state index contributed by atoms with van der Waals surface area (Å²) < 4.78 is 0. The van der Waals surface area contributed by atoms with Crippen LogP contribution in [0.3, 0.4) is 0 Å². The molecule has 2 rings (SSSR count). The monoisotopic (exact) mass is 285 g/mol. The molecule has 0 spiro atoms. The Morgan fingerprint density at radius 1 is 1.28 bits per heavy atom. The standard InChI is InChI=1S/C15H21Cl2N/c1-2-12-4-3-8-18(9-7-12)15-6-5-13(11-16)10-14(15)17/h5-6,10,12H,2-4,7-9,11H2,1H3. The maximum atomic E-state index is 6.36. The summed E-state index contributed by atoms with van der Waals surface area (Å²) in [6, 6.07) is 6.19.